The van der Waals surface area contributed by atoms with Crippen LogP contribution in [0.2, 0.25) is 0 Å². The molecule has 0 bridgehead atoms. The van der Waals surface area contributed by atoms with E-state index in [4.69, 9.17) is 15.4 Å². The van der Waals surface area contributed by atoms with Crippen molar-refractivity contribution in [3.8, 4) is 0 Å². The van der Waals surface area contributed by atoms with Gasteiger partial charge in [-0.2, -0.15) is 0 Å². The number of carbonyl (C=O) groups is 1. The van der Waals surface area contributed by atoms with Gasteiger partial charge in [-0.1, -0.05) is 0 Å². The van der Waals surface area contributed by atoms with Gasteiger partial charge in [0.25, 0.3) is 0 Å². The van der Waals surface area contributed by atoms with Crippen molar-refractivity contribution in [2.45, 2.75) is 0 Å². The first-order valence-corrected chi connectivity index (χ1v) is 4.34. The molecule has 0 unspecified atom stereocenters. The van der Waals surface area contributed by atoms with Gasteiger partial charge >= 0.3 is 0 Å². The van der Waals surface area contributed by atoms with Crippen LogP contribution in [-0.4, -0.2) is 45.5 Å². The lowest BCUT2D eigenvalue weighted by Crippen LogP contribution is -2.31. The van der Waals surface area contributed by atoms with Crippen LogP contribution in [0.5, 0.6) is 0 Å². The van der Waals surface area contributed by atoms with Crippen LogP contribution < -0.4 is 11.2 Å². The maximum Gasteiger partial charge on any atom is 0.248 e. The summed E-state index contributed by atoms with van der Waals surface area (Å²) in [6.45, 7) is 5.70. The highest BCUT2D eigenvalue weighted by molar-refractivity contribution is 5.77. The van der Waals surface area contributed by atoms with Crippen LogP contribution in [0, 0.1) is 6.92 Å². The molecule has 0 rings (SSSR count). The third kappa shape index (κ3) is 9.40. The zero-order valence-corrected chi connectivity index (χ0v) is 8.16. The van der Waals surface area contributed by atoms with E-state index in [-0.39, 0.29) is 12.5 Å². The Balaban J connectivity index is 3.01. The molecule has 3 N–H and O–H groups in total. The molecule has 0 aliphatic carbocycles. The molecule has 6 nitrogen and oxygen atoms in total. The molecule has 14 heavy (non-hydrogen) atoms. The Hall–Kier alpha value is -0.690. The second-order valence-electron chi connectivity index (χ2n) is 2.39. The Morgan fingerprint density at radius 1 is 1.29 bits per heavy atom. The zero-order chi connectivity index (χ0) is 10.6. The monoisotopic (exact) mass is 205 g/mol. The summed E-state index contributed by atoms with van der Waals surface area (Å²) in [6.07, 6.45) is 0. The van der Waals surface area contributed by atoms with E-state index < -0.39 is 0 Å². The summed E-state index contributed by atoms with van der Waals surface area (Å²) in [5.41, 5.74) is 0. The Labute approximate surface area is 83.6 Å². The summed E-state index contributed by atoms with van der Waals surface area (Å²) in [5.74, 6) is 4.44. The molecule has 83 valence electrons. The molecule has 0 saturated heterocycles. The van der Waals surface area contributed by atoms with E-state index in [1.54, 1.807) is 0 Å². The first kappa shape index (κ1) is 13.3. The molecule has 0 spiro atoms. The van der Waals surface area contributed by atoms with Gasteiger partial charge in [-0.05, 0) is 6.92 Å². The second-order valence-corrected chi connectivity index (χ2v) is 2.39. The Bertz CT molecular complexity index is 143. The SMILES string of the molecule is [CH2]COCCOCCNC(=O)CON. The highest BCUT2D eigenvalue weighted by atomic mass is 16.6. The van der Waals surface area contributed by atoms with E-state index in [0.29, 0.717) is 33.0 Å². The molecule has 0 fully saturated rings. The first-order valence-electron chi connectivity index (χ1n) is 4.34. The standard InChI is InChI=1S/C8H17N2O4/c1-2-12-5-6-13-4-3-10-8(11)7-14-9/h1-7,9H2,(H,10,11). The molecule has 1 radical (unpaired) electrons. The van der Waals surface area contributed by atoms with Gasteiger partial charge in [-0.15, -0.1) is 0 Å². The molecule has 0 aromatic heterocycles. The summed E-state index contributed by atoms with van der Waals surface area (Å²) in [7, 11) is 0. The van der Waals surface area contributed by atoms with E-state index in [0.717, 1.165) is 0 Å². The predicted octanol–water partition coefficient (Wildman–Crippen LogP) is -1.14. The number of hydrogen-bond donors (Lipinski definition) is 2. The predicted molar refractivity (Wildman–Crippen MR) is 50.1 cm³/mol. The van der Waals surface area contributed by atoms with Gasteiger partial charge in [0.1, 0.15) is 6.61 Å². The lowest BCUT2D eigenvalue weighted by atomic mass is 10.6. The molecular formula is C8H17N2O4. The van der Waals surface area contributed by atoms with Crippen LogP contribution in [0.15, 0.2) is 0 Å². The second kappa shape index (κ2) is 10.4. The van der Waals surface area contributed by atoms with Crippen LogP contribution in [0.3, 0.4) is 0 Å². The maximum absolute atomic E-state index is 10.8. The summed E-state index contributed by atoms with van der Waals surface area (Å²) in [6, 6.07) is 0. The first-order chi connectivity index (χ1) is 6.81. The van der Waals surface area contributed by atoms with Crippen LogP contribution in [-0.2, 0) is 19.1 Å². The van der Waals surface area contributed by atoms with Crippen molar-refractivity contribution in [3.63, 3.8) is 0 Å². The van der Waals surface area contributed by atoms with Crippen LogP contribution in [0.4, 0.5) is 0 Å². The Morgan fingerprint density at radius 3 is 2.64 bits per heavy atom. The number of amides is 1. The number of ether oxygens (including phenoxy) is 2. The molecule has 0 aliphatic rings. The van der Waals surface area contributed by atoms with E-state index in [1.165, 1.54) is 0 Å². The molecule has 1 amide bonds. The normalized spacial score (nSPS) is 10.1. The van der Waals surface area contributed by atoms with E-state index >= 15 is 0 Å². The van der Waals surface area contributed by atoms with Gasteiger partial charge in [0.2, 0.25) is 5.91 Å². The van der Waals surface area contributed by atoms with Crippen molar-refractivity contribution in [2.75, 3.05) is 39.6 Å². The minimum absolute atomic E-state index is 0.134. The quantitative estimate of drug-likeness (QED) is 0.367. The lowest BCUT2D eigenvalue weighted by molar-refractivity contribution is -0.126. The summed E-state index contributed by atoms with van der Waals surface area (Å²) in [4.78, 5) is 14.9. The van der Waals surface area contributed by atoms with Crippen molar-refractivity contribution in [1.82, 2.24) is 5.32 Å². The van der Waals surface area contributed by atoms with Crippen molar-refractivity contribution in [2.24, 2.45) is 5.90 Å². The number of nitrogens with one attached hydrogen (secondary N) is 1. The molecule has 0 atom stereocenters. The highest BCUT2D eigenvalue weighted by Gasteiger charge is 1.97. The van der Waals surface area contributed by atoms with Gasteiger partial charge in [0, 0.05) is 13.2 Å². The number of rotatable bonds is 9. The molecule has 0 aromatic rings. The van der Waals surface area contributed by atoms with Gasteiger partial charge in [0.05, 0.1) is 19.8 Å². The van der Waals surface area contributed by atoms with Crippen molar-refractivity contribution in [1.29, 1.82) is 0 Å². The van der Waals surface area contributed by atoms with E-state index in [1.807, 2.05) is 0 Å². The Morgan fingerprint density at radius 2 is 2.00 bits per heavy atom. The molecule has 6 heteroatoms. The zero-order valence-electron chi connectivity index (χ0n) is 8.16. The maximum atomic E-state index is 10.8. The molecule has 0 heterocycles. The van der Waals surface area contributed by atoms with E-state index in [9.17, 15) is 4.79 Å². The van der Waals surface area contributed by atoms with Gasteiger partial charge < -0.3 is 14.8 Å². The van der Waals surface area contributed by atoms with Gasteiger partial charge in [-0.25, -0.2) is 5.90 Å². The summed E-state index contributed by atoms with van der Waals surface area (Å²) < 4.78 is 10.1. The average molecular weight is 205 g/mol. The van der Waals surface area contributed by atoms with Crippen LogP contribution >= 0.6 is 0 Å². The fourth-order valence-corrected chi connectivity index (χ4v) is 0.711. The van der Waals surface area contributed by atoms with Crippen LogP contribution in [0.1, 0.15) is 0 Å². The summed E-state index contributed by atoms with van der Waals surface area (Å²) >= 11 is 0. The van der Waals surface area contributed by atoms with Crippen molar-refractivity contribution in [3.05, 3.63) is 6.92 Å². The molecule has 0 aromatic carbocycles. The number of hydrogen-bond acceptors (Lipinski definition) is 5. The fourth-order valence-electron chi connectivity index (χ4n) is 0.711. The molecular weight excluding hydrogens is 188 g/mol. The fraction of sp³-hybridized carbons (Fsp3) is 0.750. The smallest absolute Gasteiger partial charge is 0.248 e. The largest absolute Gasteiger partial charge is 0.379 e. The number of carbonyl (C=O) groups excluding carboxylic acids is 1. The minimum atomic E-state index is -0.259. The van der Waals surface area contributed by atoms with Crippen molar-refractivity contribution < 1.29 is 19.1 Å². The van der Waals surface area contributed by atoms with Gasteiger partial charge in [0.15, 0.2) is 0 Å². The topological polar surface area (TPSA) is 82.8 Å². The minimum Gasteiger partial charge on any atom is -0.379 e. The van der Waals surface area contributed by atoms with Crippen molar-refractivity contribution >= 4 is 5.91 Å². The molecule has 0 saturated carbocycles. The third-order valence-electron chi connectivity index (χ3n) is 1.30. The Kier molecular flexibility index (Phi) is 9.88. The van der Waals surface area contributed by atoms with Crippen LogP contribution in [0.25, 0.3) is 0 Å². The van der Waals surface area contributed by atoms with Gasteiger partial charge in [-0.3, -0.25) is 9.63 Å². The third-order valence-corrected chi connectivity index (χ3v) is 1.30. The number of nitrogens with two attached hydrogens (primary N) is 1. The molecule has 0 aliphatic heterocycles. The average Bonchev–Trinajstić information content (AvgIpc) is 2.17. The summed E-state index contributed by atoms with van der Waals surface area (Å²) in [5, 5.41) is 2.55. The lowest BCUT2D eigenvalue weighted by Gasteiger charge is -2.05. The van der Waals surface area contributed by atoms with E-state index in [2.05, 4.69) is 17.1 Å². The highest BCUT2D eigenvalue weighted by Crippen LogP contribution is 1.77.